The predicted octanol–water partition coefficient (Wildman–Crippen LogP) is 5.77. The molecule has 2 aliphatic carbocycles. The van der Waals surface area contributed by atoms with Gasteiger partial charge in [0.2, 0.25) is 0 Å². The van der Waals surface area contributed by atoms with Crippen molar-refractivity contribution < 1.29 is 19.4 Å². The molecule has 0 aliphatic heterocycles. The zero-order chi connectivity index (χ0) is 20.7. The van der Waals surface area contributed by atoms with Gasteiger partial charge in [0.15, 0.2) is 0 Å². The molecule has 0 unspecified atom stereocenters. The van der Waals surface area contributed by atoms with Crippen LogP contribution in [0, 0.1) is 12.3 Å². The van der Waals surface area contributed by atoms with Crippen LogP contribution in [0.15, 0.2) is 18.2 Å². The Bertz CT molecular complexity index is 701. The predicted molar refractivity (Wildman–Crippen MR) is 114 cm³/mol. The van der Waals surface area contributed by atoms with Crippen LogP contribution in [0.3, 0.4) is 0 Å². The minimum atomic E-state index is -0.590. The van der Waals surface area contributed by atoms with Crippen LogP contribution in [-0.2, 0) is 27.2 Å². The second-order valence-electron chi connectivity index (χ2n) is 9.36. The quantitative estimate of drug-likeness (QED) is 0.300. The van der Waals surface area contributed by atoms with Gasteiger partial charge in [-0.25, -0.2) is 0 Å². The highest BCUT2D eigenvalue weighted by atomic mass is 16.5. The molecule has 1 aromatic carbocycles. The van der Waals surface area contributed by atoms with E-state index in [-0.39, 0.29) is 11.0 Å². The summed E-state index contributed by atoms with van der Waals surface area (Å²) in [5, 5.41) is 9.23. The minimum Gasteiger partial charge on any atom is -0.481 e. The van der Waals surface area contributed by atoms with Crippen molar-refractivity contribution in [1.82, 2.24) is 0 Å². The maximum atomic E-state index is 11.2. The van der Waals surface area contributed by atoms with E-state index in [9.17, 15) is 14.7 Å². The molecule has 0 radical (unpaired) electrons. The van der Waals surface area contributed by atoms with Crippen molar-refractivity contribution in [1.29, 1.82) is 0 Å². The largest absolute Gasteiger partial charge is 0.481 e. The first kappa shape index (κ1) is 21.9. The van der Waals surface area contributed by atoms with Gasteiger partial charge in [0.1, 0.15) is 5.60 Å². The number of carbonyl (C=O) groups is 2. The molecule has 160 valence electrons. The fraction of sp³-hybridized carbons (Fsp3) is 0.680. The highest BCUT2D eigenvalue weighted by Gasteiger charge is 2.49. The van der Waals surface area contributed by atoms with Gasteiger partial charge in [0, 0.05) is 0 Å². The molecule has 3 rings (SSSR count). The van der Waals surface area contributed by atoms with Crippen molar-refractivity contribution in [3.63, 3.8) is 0 Å². The van der Waals surface area contributed by atoms with Crippen molar-refractivity contribution in [3.05, 3.63) is 34.9 Å². The van der Waals surface area contributed by atoms with E-state index >= 15 is 0 Å². The lowest BCUT2D eigenvalue weighted by Gasteiger charge is -2.13. The number of aryl methyl sites for hydroxylation is 3. The summed E-state index contributed by atoms with van der Waals surface area (Å²) >= 11 is 0. The molecule has 0 bridgehead atoms. The van der Waals surface area contributed by atoms with Crippen LogP contribution in [0.1, 0.15) is 93.7 Å². The van der Waals surface area contributed by atoms with Crippen LogP contribution < -0.4 is 0 Å². The van der Waals surface area contributed by atoms with Gasteiger partial charge in [-0.1, -0.05) is 37.5 Å². The lowest BCUT2D eigenvalue weighted by molar-refractivity contribution is -0.143. The molecule has 0 atom stereocenters. The normalized spacial score (nSPS) is 18.2. The molecule has 0 saturated heterocycles. The monoisotopic (exact) mass is 400 g/mol. The van der Waals surface area contributed by atoms with E-state index in [1.165, 1.54) is 29.5 Å². The fourth-order valence-electron chi connectivity index (χ4n) is 4.45. The van der Waals surface area contributed by atoms with E-state index in [4.69, 9.17) is 4.74 Å². The fourth-order valence-corrected chi connectivity index (χ4v) is 4.45. The van der Waals surface area contributed by atoms with E-state index in [1.807, 2.05) is 0 Å². The number of carboxylic acids is 1. The lowest BCUT2D eigenvalue weighted by Crippen LogP contribution is -2.14. The van der Waals surface area contributed by atoms with Gasteiger partial charge in [0.05, 0.1) is 5.41 Å². The van der Waals surface area contributed by atoms with Crippen LogP contribution in [0.2, 0.25) is 0 Å². The standard InChI is InChI=1S/C25H36O4/c1-20-10-11-21(8-4-2-3-6-12-24(14-15-24)23(27)28)18-22(20)9-5-7-13-25(16-17-25)29-19-26/h10-11,18-19H,2-9,12-17H2,1H3,(H,27,28). The zero-order valence-electron chi connectivity index (χ0n) is 17.9. The molecule has 1 N–H and O–H groups in total. The van der Waals surface area contributed by atoms with E-state index in [0.717, 1.165) is 77.0 Å². The number of rotatable bonds is 15. The minimum absolute atomic E-state index is 0.123. The number of unbranched alkanes of at least 4 members (excludes halogenated alkanes) is 4. The average Bonchev–Trinajstić information content (AvgIpc) is 3.61. The van der Waals surface area contributed by atoms with E-state index < -0.39 is 5.97 Å². The molecule has 2 aliphatic rings. The highest BCUT2D eigenvalue weighted by molar-refractivity contribution is 5.77. The number of hydrogen-bond donors (Lipinski definition) is 1. The third-order valence-electron chi connectivity index (χ3n) is 7.03. The Morgan fingerprint density at radius 1 is 1.00 bits per heavy atom. The topological polar surface area (TPSA) is 63.6 Å². The molecule has 29 heavy (non-hydrogen) atoms. The number of aliphatic carboxylic acids is 1. The molecule has 2 fully saturated rings. The van der Waals surface area contributed by atoms with Crippen molar-refractivity contribution in [2.45, 2.75) is 102 Å². The smallest absolute Gasteiger partial charge is 0.309 e. The summed E-state index contributed by atoms with van der Waals surface area (Å²) in [6.45, 7) is 2.80. The van der Waals surface area contributed by atoms with E-state index in [0.29, 0.717) is 6.47 Å². The van der Waals surface area contributed by atoms with Crippen molar-refractivity contribution in [2.75, 3.05) is 0 Å². The molecule has 1 aromatic rings. The third-order valence-corrected chi connectivity index (χ3v) is 7.03. The van der Waals surface area contributed by atoms with Crippen LogP contribution in [0.25, 0.3) is 0 Å². The molecule has 4 heteroatoms. The molecule has 0 heterocycles. The Balaban J connectivity index is 1.32. The van der Waals surface area contributed by atoms with Crippen LogP contribution >= 0.6 is 0 Å². The summed E-state index contributed by atoms with van der Waals surface area (Å²) in [5.74, 6) is -0.590. The molecule has 0 amide bonds. The third kappa shape index (κ3) is 6.32. The first-order valence-corrected chi connectivity index (χ1v) is 11.4. The molecule has 0 aromatic heterocycles. The van der Waals surface area contributed by atoms with Crippen molar-refractivity contribution in [2.24, 2.45) is 5.41 Å². The summed E-state index contributed by atoms with van der Waals surface area (Å²) in [7, 11) is 0. The molecular weight excluding hydrogens is 364 g/mol. The van der Waals surface area contributed by atoms with Crippen LogP contribution in [-0.4, -0.2) is 23.1 Å². The Kier molecular flexibility index (Phi) is 7.37. The van der Waals surface area contributed by atoms with Gasteiger partial charge in [-0.2, -0.15) is 0 Å². The number of carbonyl (C=O) groups excluding carboxylic acids is 1. The molecule has 2 saturated carbocycles. The van der Waals surface area contributed by atoms with Crippen LogP contribution in [0.4, 0.5) is 0 Å². The average molecular weight is 401 g/mol. The molecular formula is C25H36O4. The van der Waals surface area contributed by atoms with Gasteiger partial charge < -0.3 is 9.84 Å². The number of hydrogen-bond acceptors (Lipinski definition) is 3. The Hall–Kier alpha value is -1.84. The zero-order valence-corrected chi connectivity index (χ0v) is 17.9. The van der Waals surface area contributed by atoms with Crippen molar-refractivity contribution in [3.8, 4) is 0 Å². The number of ether oxygens (including phenoxy) is 1. The first-order valence-electron chi connectivity index (χ1n) is 11.4. The SMILES string of the molecule is Cc1ccc(CCCCCCC2(C(=O)O)CC2)cc1CCCCC1(OC=O)CC1. The van der Waals surface area contributed by atoms with Crippen LogP contribution in [0.5, 0.6) is 0 Å². The maximum absolute atomic E-state index is 11.2. The van der Waals surface area contributed by atoms with Gasteiger partial charge in [0.25, 0.3) is 6.47 Å². The maximum Gasteiger partial charge on any atom is 0.309 e. The number of carboxylic acid groups (broad SMARTS) is 1. The summed E-state index contributed by atoms with van der Waals surface area (Å²) in [5.41, 5.74) is 3.74. The summed E-state index contributed by atoms with van der Waals surface area (Å²) in [6, 6.07) is 6.86. The first-order chi connectivity index (χ1) is 14.0. The van der Waals surface area contributed by atoms with Crippen molar-refractivity contribution >= 4 is 12.4 Å². The van der Waals surface area contributed by atoms with Gasteiger partial charge in [-0.15, -0.1) is 0 Å². The Labute approximate surface area is 175 Å². The van der Waals surface area contributed by atoms with Gasteiger partial charge >= 0.3 is 5.97 Å². The van der Waals surface area contributed by atoms with Gasteiger partial charge in [-0.05, 0) is 94.2 Å². The molecule has 0 spiro atoms. The Morgan fingerprint density at radius 3 is 2.34 bits per heavy atom. The van der Waals surface area contributed by atoms with E-state index in [2.05, 4.69) is 25.1 Å². The lowest BCUT2D eigenvalue weighted by atomic mass is 9.95. The Morgan fingerprint density at radius 2 is 1.69 bits per heavy atom. The summed E-state index contributed by atoms with van der Waals surface area (Å²) < 4.78 is 5.23. The second-order valence-corrected chi connectivity index (χ2v) is 9.36. The second kappa shape index (κ2) is 9.77. The summed E-state index contributed by atoms with van der Waals surface area (Å²) in [4.78, 5) is 21.8. The summed E-state index contributed by atoms with van der Waals surface area (Å²) in [6.07, 6.45) is 14.6. The van der Waals surface area contributed by atoms with E-state index in [1.54, 1.807) is 0 Å². The van der Waals surface area contributed by atoms with Gasteiger partial charge in [-0.3, -0.25) is 9.59 Å². The molecule has 4 nitrogen and oxygen atoms in total. The highest BCUT2D eigenvalue weighted by Crippen LogP contribution is 2.50. The number of benzene rings is 1.